The van der Waals surface area contributed by atoms with E-state index in [1.54, 1.807) is 12.3 Å². The summed E-state index contributed by atoms with van der Waals surface area (Å²) < 4.78 is 41.7. The van der Waals surface area contributed by atoms with Crippen LogP contribution in [0.2, 0.25) is 5.02 Å². The molecule has 0 radical (unpaired) electrons. The number of aromatic nitrogens is 5. The van der Waals surface area contributed by atoms with Crippen LogP contribution < -0.4 is 5.56 Å². The molecule has 0 amide bonds. The number of hydrogen-bond acceptors (Lipinski definition) is 5. The highest BCUT2D eigenvalue weighted by molar-refractivity contribution is 7.98. The maximum atomic E-state index is 13.0. The minimum absolute atomic E-state index is 0.124. The molecule has 28 heavy (non-hydrogen) atoms. The minimum Gasteiger partial charge on any atom is -0.276 e. The van der Waals surface area contributed by atoms with E-state index in [2.05, 4.69) is 15.2 Å². The van der Waals surface area contributed by atoms with Gasteiger partial charge in [-0.2, -0.15) is 13.2 Å². The molecule has 4 rings (SSSR count). The topological polar surface area (TPSA) is 64.6 Å². The van der Waals surface area contributed by atoms with Gasteiger partial charge in [-0.05, 0) is 24.6 Å². The number of halogens is 4. The zero-order chi connectivity index (χ0) is 20.1. The fourth-order valence-electron chi connectivity index (χ4n) is 2.66. The van der Waals surface area contributed by atoms with Gasteiger partial charge in [0.1, 0.15) is 5.65 Å². The van der Waals surface area contributed by atoms with Gasteiger partial charge in [0.15, 0.2) is 10.8 Å². The number of alkyl halides is 3. The van der Waals surface area contributed by atoms with E-state index in [0.717, 1.165) is 29.6 Å². The largest absolute Gasteiger partial charge is 0.417 e. The van der Waals surface area contributed by atoms with Crippen LogP contribution in [0.15, 0.2) is 46.6 Å². The minimum atomic E-state index is -4.54. The molecule has 144 valence electrons. The van der Waals surface area contributed by atoms with E-state index in [-0.39, 0.29) is 27.1 Å². The molecule has 11 heteroatoms. The predicted octanol–water partition coefficient (Wildman–Crippen LogP) is 4.01. The van der Waals surface area contributed by atoms with Crippen molar-refractivity contribution in [2.45, 2.75) is 24.0 Å². The van der Waals surface area contributed by atoms with Crippen LogP contribution in [-0.2, 0) is 11.9 Å². The van der Waals surface area contributed by atoms with Crippen LogP contribution in [0.25, 0.3) is 11.3 Å². The third kappa shape index (κ3) is 3.45. The van der Waals surface area contributed by atoms with E-state index < -0.39 is 11.7 Å². The van der Waals surface area contributed by atoms with Crippen LogP contribution in [0.1, 0.15) is 16.8 Å². The van der Waals surface area contributed by atoms with E-state index in [1.165, 1.54) is 14.9 Å². The van der Waals surface area contributed by atoms with Crippen LogP contribution in [0.4, 0.5) is 13.2 Å². The van der Waals surface area contributed by atoms with Crippen molar-refractivity contribution in [2.24, 2.45) is 0 Å². The second-order valence-corrected chi connectivity index (χ2v) is 7.41. The van der Waals surface area contributed by atoms with Crippen molar-refractivity contribution in [3.8, 4) is 0 Å². The molecule has 0 aliphatic carbocycles. The Hall–Kier alpha value is -2.59. The molecule has 0 unspecified atom stereocenters. The lowest BCUT2D eigenvalue weighted by Crippen LogP contribution is -2.15. The Morgan fingerprint density at radius 3 is 2.68 bits per heavy atom. The van der Waals surface area contributed by atoms with Crippen LogP contribution in [0.5, 0.6) is 0 Å². The molecule has 4 aromatic rings. The molecule has 0 atom stereocenters. The summed E-state index contributed by atoms with van der Waals surface area (Å²) in [7, 11) is 0. The SMILES string of the molecule is Cc1ccc2nc(CSc3nnc4c(Cl)cc(C(F)(F)F)cn34)cc(=O)n2c1. The summed E-state index contributed by atoms with van der Waals surface area (Å²) in [4.78, 5) is 16.7. The van der Waals surface area contributed by atoms with E-state index in [1.807, 2.05) is 13.0 Å². The quantitative estimate of drug-likeness (QED) is 0.464. The zero-order valence-electron chi connectivity index (χ0n) is 14.2. The molecule has 0 saturated carbocycles. The number of pyridine rings is 2. The smallest absolute Gasteiger partial charge is 0.276 e. The molecule has 0 aromatic carbocycles. The second kappa shape index (κ2) is 6.78. The van der Waals surface area contributed by atoms with Gasteiger partial charge in [0, 0.05) is 24.2 Å². The molecule has 0 fully saturated rings. The number of aryl methyl sites for hydroxylation is 1. The van der Waals surface area contributed by atoms with Gasteiger partial charge in [0.2, 0.25) is 0 Å². The normalized spacial score (nSPS) is 12.2. The summed E-state index contributed by atoms with van der Waals surface area (Å²) in [6.07, 6.45) is -1.96. The predicted molar refractivity (Wildman–Crippen MR) is 98.8 cm³/mol. The lowest BCUT2D eigenvalue weighted by molar-refractivity contribution is -0.137. The molecule has 0 N–H and O–H groups in total. The summed E-state index contributed by atoms with van der Waals surface area (Å²) in [6, 6.07) is 5.77. The molecule has 0 aliphatic rings. The number of fused-ring (bicyclic) bond motifs is 2. The van der Waals surface area contributed by atoms with Gasteiger partial charge in [-0.15, -0.1) is 10.2 Å². The van der Waals surface area contributed by atoms with Crippen molar-refractivity contribution >= 4 is 34.7 Å². The molecule has 0 aliphatic heterocycles. The Morgan fingerprint density at radius 1 is 1.14 bits per heavy atom. The lowest BCUT2D eigenvalue weighted by Gasteiger charge is -2.08. The first-order valence-electron chi connectivity index (χ1n) is 7.95. The van der Waals surface area contributed by atoms with Gasteiger partial charge in [-0.25, -0.2) is 4.98 Å². The summed E-state index contributed by atoms with van der Waals surface area (Å²) in [5.74, 6) is 0.230. The van der Waals surface area contributed by atoms with Crippen molar-refractivity contribution in [1.29, 1.82) is 0 Å². The number of thioether (sulfide) groups is 1. The van der Waals surface area contributed by atoms with Gasteiger partial charge in [-0.1, -0.05) is 29.4 Å². The molecule has 4 heterocycles. The van der Waals surface area contributed by atoms with Gasteiger partial charge < -0.3 is 0 Å². The fourth-order valence-corrected chi connectivity index (χ4v) is 3.71. The van der Waals surface area contributed by atoms with Crippen molar-refractivity contribution in [2.75, 3.05) is 0 Å². The third-order valence-electron chi connectivity index (χ3n) is 3.97. The van der Waals surface area contributed by atoms with Crippen molar-refractivity contribution < 1.29 is 13.2 Å². The van der Waals surface area contributed by atoms with E-state index >= 15 is 0 Å². The standard InChI is InChI=1S/C17H11ClF3N5OS/c1-9-2-3-13-22-11(5-14(27)25(13)6-9)8-28-16-24-23-15-12(18)4-10(7-26(15)16)17(19,20)21/h2-7H,8H2,1H3. The van der Waals surface area contributed by atoms with Crippen molar-refractivity contribution in [3.05, 3.63) is 68.9 Å². The molecular formula is C17H11ClF3N5OS. The Bertz CT molecular complexity index is 1270. The maximum Gasteiger partial charge on any atom is 0.417 e. The first-order valence-corrected chi connectivity index (χ1v) is 9.32. The molecule has 0 saturated heterocycles. The van der Waals surface area contributed by atoms with E-state index in [9.17, 15) is 18.0 Å². The Balaban J connectivity index is 1.68. The number of nitrogens with zero attached hydrogens (tertiary/aromatic N) is 5. The second-order valence-electron chi connectivity index (χ2n) is 6.06. The number of hydrogen-bond donors (Lipinski definition) is 0. The van der Waals surface area contributed by atoms with Crippen molar-refractivity contribution in [3.63, 3.8) is 0 Å². The fraction of sp³-hybridized carbons (Fsp3) is 0.176. The molecule has 4 aromatic heterocycles. The Labute approximate surface area is 165 Å². The number of rotatable bonds is 3. The highest BCUT2D eigenvalue weighted by Crippen LogP contribution is 2.33. The summed E-state index contributed by atoms with van der Waals surface area (Å²) >= 11 is 7.02. The highest BCUT2D eigenvalue weighted by Gasteiger charge is 2.32. The maximum absolute atomic E-state index is 13.0. The lowest BCUT2D eigenvalue weighted by atomic mass is 10.3. The molecule has 0 bridgehead atoms. The average Bonchev–Trinajstić information content (AvgIpc) is 3.03. The van der Waals surface area contributed by atoms with E-state index in [0.29, 0.717) is 11.3 Å². The first-order chi connectivity index (χ1) is 13.2. The molecule has 6 nitrogen and oxygen atoms in total. The summed E-state index contributed by atoms with van der Waals surface area (Å²) in [5.41, 5.74) is 0.878. The zero-order valence-corrected chi connectivity index (χ0v) is 15.8. The monoisotopic (exact) mass is 425 g/mol. The molecule has 0 spiro atoms. The highest BCUT2D eigenvalue weighted by atomic mass is 35.5. The van der Waals surface area contributed by atoms with Gasteiger partial charge in [0.05, 0.1) is 16.3 Å². The van der Waals surface area contributed by atoms with Gasteiger partial charge in [0.25, 0.3) is 5.56 Å². The summed E-state index contributed by atoms with van der Waals surface area (Å²) in [6.45, 7) is 1.87. The van der Waals surface area contributed by atoms with E-state index in [4.69, 9.17) is 11.6 Å². The van der Waals surface area contributed by atoms with Crippen LogP contribution in [-0.4, -0.2) is 24.0 Å². The van der Waals surface area contributed by atoms with Crippen LogP contribution in [0, 0.1) is 6.92 Å². The Morgan fingerprint density at radius 2 is 1.93 bits per heavy atom. The van der Waals surface area contributed by atoms with Crippen LogP contribution in [0.3, 0.4) is 0 Å². The van der Waals surface area contributed by atoms with Gasteiger partial charge >= 0.3 is 6.18 Å². The van der Waals surface area contributed by atoms with Crippen LogP contribution >= 0.6 is 23.4 Å². The molecular weight excluding hydrogens is 415 g/mol. The van der Waals surface area contributed by atoms with Crippen molar-refractivity contribution in [1.82, 2.24) is 24.0 Å². The Kier molecular flexibility index (Phi) is 4.54. The first kappa shape index (κ1) is 18.8. The third-order valence-corrected chi connectivity index (χ3v) is 5.22. The summed E-state index contributed by atoms with van der Waals surface area (Å²) in [5, 5.41) is 7.81. The van der Waals surface area contributed by atoms with Gasteiger partial charge in [-0.3, -0.25) is 13.6 Å². The average molecular weight is 426 g/mol.